The fraction of sp³-hybridized carbons (Fsp3) is 0.455. The van der Waals surface area contributed by atoms with Gasteiger partial charge in [-0.15, -0.1) is 11.3 Å². The maximum Gasteiger partial charge on any atom is 0.349 e. The van der Waals surface area contributed by atoms with Crippen molar-refractivity contribution < 1.29 is 33.0 Å². The van der Waals surface area contributed by atoms with E-state index >= 15 is 0 Å². The van der Waals surface area contributed by atoms with Gasteiger partial charge in [-0.05, 0) is 11.4 Å². The number of rotatable bonds is 4. The van der Waals surface area contributed by atoms with Crippen molar-refractivity contribution in [3.05, 3.63) is 16.3 Å². The van der Waals surface area contributed by atoms with E-state index in [4.69, 9.17) is 5.11 Å². The fourth-order valence-corrected chi connectivity index (χ4v) is 5.08. The van der Waals surface area contributed by atoms with Crippen LogP contribution >= 0.6 is 11.3 Å². The number of aliphatic hydroxyl groups is 1. The highest BCUT2D eigenvalue weighted by Crippen LogP contribution is 2.31. The normalized spacial score (nSPS) is 23.1. The van der Waals surface area contributed by atoms with E-state index in [1.165, 1.54) is 11.4 Å². The predicted molar refractivity (Wildman–Crippen MR) is 71.6 cm³/mol. The molecule has 2 heterocycles. The van der Waals surface area contributed by atoms with Crippen LogP contribution in [0.5, 0.6) is 0 Å². The van der Waals surface area contributed by atoms with Crippen molar-refractivity contribution in [1.29, 1.82) is 0 Å². The molecule has 0 aromatic carbocycles. The van der Waals surface area contributed by atoms with Gasteiger partial charge in [0.1, 0.15) is 15.8 Å². The molecule has 1 aliphatic rings. The lowest BCUT2D eigenvalue weighted by Gasteiger charge is -2.20. The van der Waals surface area contributed by atoms with E-state index in [9.17, 15) is 23.1 Å². The Morgan fingerprint density at radius 1 is 1.48 bits per heavy atom. The maximum atomic E-state index is 12.5. The Bertz CT molecular complexity index is 666. The first-order valence-electron chi connectivity index (χ1n) is 5.87. The molecular formula is C11H13NO7S2. The lowest BCUT2D eigenvalue weighted by Crippen LogP contribution is -2.40. The quantitative estimate of drug-likeness (QED) is 0.727. The Morgan fingerprint density at radius 2 is 2.14 bits per heavy atom. The van der Waals surface area contributed by atoms with Crippen molar-refractivity contribution in [3.8, 4) is 0 Å². The SMILES string of the molecule is COC(=O)c1sccc1S(=O)(=O)N1C[C@H](O)C[C@@H]1C(=O)O. The summed E-state index contributed by atoms with van der Waals surface area (Å²) in [5.41, 5.74) is 0. The summed E-state index contributed by atoms with van der Waals surface area (Å²) in [5, 5.41) is 20.0. The van der Waals surface area contributed by atoms with Crippen molar-refractivity contribution in [2.24, 2.45) is 0 Å². The van der Waals surface area contributed by atoms with Crippen molar-refractivity contribution in [1.82, 2.24) is 4.31 Å². The molecule has 1 aromatic heterocycles. The third-order valence-electron chi connectivity index (χ3n) is 3.11. The van der Waals surface area contributed by atoms with E-state index < -0.39 is 34.1 Å². The van der Waals surface area contributed by atoms with Gasteiger partial charge in [-0.1, -0.05) is 0 Å². The molecule has 0 bridgehead atoms. The second-order valence-corrected chi connectivity index (χ2v) is 7.20. The molecule has 116 valence electrons. The van der Waals surface area contributed by atoms with Crippen LogP contribution in [0.15, 0.2) is 16.3 Å². The zero-order valence-electron chi connectivity index (χ0n) is 10.9. The maximum absolute atomic E-state index is 12.5. The van der Waals surface area contributed by atoms with Crippen LogP contribution in [0.3, 0.4) is 0 Å². The van der Waals surface area contributed by atoms with Gasteiger partial charge in [0, 0.05) is 13.0 Å². The number of hydrogen-bond acceptors (Lipinski definition) is 7. The van der Waals surface area contributed by atoms with Gasteiger partial charge in [-0.2, -0.15) is 4.31 Å². The zero-order valence-corrected chi connectivity index (χ0v) is 12.6. The molecule has 0 unspecified atom stereocenters. The summed E-state index contributed by atoms with van der Waals surface area (Å²) >= 11 is 0.888. The standard InChI is InChI=1S/C11H13NO7S2/c1-19-11(16)9-8(2-3-20-9)21(17,18)12-5-6(13)4-7(12)10(14)15/h2-3,6-7,13H,4-5H2,1H3,(H,14,15)/t6-,7-/m1/s1. The molecule has 2 atom stereocenters. The minimum absolute atomic E-state index is 0.122. The lowest BCUT2D eigenvalue weighted by atomic mass is 10.2. The number of nitrogens with zero attached hydrogens (tertiary/aromatic N) is 1. The minimum atomic E-state index is -4.21. The highest BCUT2D eigenvalue weighted by atomic mass is 32.2. The number of carboxylic acids is 1. The number of aliphatic hydroxyl groups excluding tert-OH is 1. The van der Waals surface area contributed by atoms with E-state index in [0.717, 1.165) is 18.4 Å². The Kier molecular flexibility index (Phi) is 4.33. The monoisotopic (exact) mass is 335 g/mol. The van der Waals surface area contributed by atoms with Gasteiger partial charge in [-0.25, -0.2) is 13.2 Å². The summed E-state index contributed by atoms with van der Waals surface area (Å²) in [5.74, 6) is -2.15. The first-order valence-corrected chi connectivity index (χ1v) is 8.19. The second-order valence-electron chi connectivity index (χ2n) is 4.42. The van der Waals surface area contributed by atoms with Gasteiger partial charge >= 0.3 is 11.9 Å². The van der Waals surface area contributed by atoms with Crippen LogP contribution in [-0.4, -0.2) is 60.7 Å². The number of β-amino-alcohol motifs (C(OH)–C–C–N with tert-alkyl or cyclic N) is 1. The van der Waals surface area contributed by atoms with Gasteiger partial charge in [0.05, 0.1) is 13.2 Å². The van der Waals surface area contributed by atoms with E-state index in [0.29, 0.717) is 4.31 Å². The summed E-state index contributed by atoms with van der Waals surface area (Å²) in [7, 11) is -3.08. The van der Waals surface area contributed by atoms with Crippen molar-refractivity contribution >= 4 is 33.3 Å². The number of thiophene rings is 1. The molecule has 0 amide bonds. The molecule has 0 spiro atoms. The first-order chi connectivity index (χ1) is 9.78. The van der Waals surface area contributed by atoms with Crippen LogP contribution in [0, 0.1) is 0 Å². The molecular weight excluding hydrogens is 322 g/mol. The van der Waals surface area contributed by atoms with Gasteiger partial charge in [-0.3, -0.25) is 4.79 Å². The van der Waals surface area contributed by atoms with E-state index in [1.54, 1.807) is 0 Å². The smallest absolute Gasteiger partial charge is 0.349 e. The van der Waals surface area contributed by atoms with Crippen molar-refractivity contribution in [2.75, 3.05) is 13.7 Å². The highest BCUT2D eigenvalue weighted by molar-refractivity contribution is 7.89. The molecule has 10 heteroatoms. The molecule has 0 aliphatic carbocycles. The number of aliphatic carboxylic acids is 1. The van der Waals surface area contributed by atoms with Gasteiger partial charge in [0.25, 0.3) is 0 Å². The minimum Gasteiger partial charge on any atom is -0.480 e. The van der Waals surface area contributed by atoms with E-state index in [2.05, 4.69) is 4.74 Å². The number of sulfonamides is 1. The molecule has 8 nitrogen and oxygen atoms in total. The van der Waals surface area contributed by atoms with Crippen LogP contribution < -0.4 is 0 Å². The summed E-state index contributed by atoms with van der Waals surface area (Å²) in [4.78, 5) is 22.3. The third kappa shape index (κ3) is 2.79. The highest BCUT2D eigenvalue weighted by Gasteiger charge is 2.44. The molecule has 21 heavy (non-hydrogen) atoms. The van der Waals surface area contributed by atoms with Crippen LogP contribution in [0.25, 0.3) is 0 Å². The molecule has 1 aliphatic heterocycles. The first kappa shape index (κ1) is 15.9. The second kappa shape index (κ2) is 5.72. The van der Waals surface area contributed by atoms with Crippen molar-refractivity contribution in [2.45, 2.75) is 23.5 Å². The average Bonchev–Trinajstić information content (AvgIpc) is 3.04. The van der Waals surface area contributed by atoms with Crippen molar-refractivity contribution in [3.63, 3.8) is 0 Å². The van der Waals surface area contributed by atoms with Gasteiger partial charge < -0.3 is 14.9 Å². The van der Waals surface area contributed by atoms with Crippen LogP contribution in [-0.2, 0) is 19.6 Å². The van der Waals surface area contributed by atoms with Gasteiger partial charge in [0.15, 0.2) is 0 Å². The largest absolute Gasteiger partial charge is 0.480 e. The number of hydrogen-bond donors (Lipinski definition) is 2. The average molecular weight is 335 g/mol. The summed E-state index contributed by atoms with van der Waals surface area (Å²) in [6.07, 6.45) is -1.24. The predicted octanol–water partition coefficient (Wildman–Crippen LogP) is -0.257. The molecule has 1 saturated heterocycles. The third-order valence-corrected chi connectivity index (χ3v) is 6.05. The number of methoxy groups -OCH3 is 1. The van der Waals surface area contributed by atoms with Crippen LogP contribution in [0.2, 0.25) is 0 Å². The Morgan fingerprint density at radius 3 is 2.71 bits per heavy atom. The Balaban J connectivity index is 2.45. The summed E-state index contributed by atoms with van der Waals surface area (Å²) in [6, 6.07) is -0.133. The Hall–Kier alpha value is -1.49. The van der Waals surface area contributed by atoms with Crippen LogP contribution in [0.4, 0.5) is 0 Å². The zero-order chi connectivity index (χ0) is 15.8. The number of esters is 1. The van der Waals surface area contributed by atoms with Gasteiger partial charge in [0.2, 0.25) is 10.0 Å². The van der Waals surface area contributed by atoms with E-state index in [1.807, 2.05) is 0 Å². The van der Waals surface area contributed by atoms with Crippen LogP contribution in [0.1, 0.15) is 16.1 Å². The molecule has 0 radical (unpaired) electrons. The fourth-order valence-electron chi connectivity index (χ4n) is 2.14. The molecule has 2 rings (SSSR count). The summed E-state index contributed by atoms with van der Waals surface area (Å²) < 4.78 is 30.3. The number of carbonyl (C=O) groups excluding carboxylic acids is 1. The number of ether oxygens (including phenoxy) is 1. The Labute approximate surface area is 124 Å². The molecule has 0 saturated carbocycles. The number of carboxylic acid groups (broad SMARTS) is 1. The topological polar surface area (TPSA) is 121 Å². The lowest BCUT2D eigenvalue weighted by molar-refractivity contribution is -0.140. The number of carbonyl (C=O) groups is 2. The summed E-state index contributed by atoms with van der Waals surface area (Å²) in [6.45, 7) is -0.324. The van der Waals surface area contributed by atoms with E-state index in [-0.39, 0.29) is 22.7 Å². The molecule has 1 aromatic rings. The molecule has 1 fully saturated rings. The molecule has 2 N–H and O–H groups in total.